The maximum absolute atomic E-state index is 13.7. The molecule has 1 aliphatic heterocycles. The summed E-state index contributed by atoms with van der Waals surface area (Å²) in [6.07, 6.45) is 7.63. The first-order valence-corrected chi connectivity index (χ1v) is 18.4. The Morgan fingerprint density at radius 1 is 1.00 bits per heavy atom. The van der Waals surface area contributed by atoms with Crippen molar-refractivity contribution in [1.29, 1.82) is 0 Å². The summed E-state index contributed by atoms with van der Waals surface area (Å²) in [6.45, 7) is 2.76. The van der Waals surface area contributed by atoms with Crippen molar-refractivity contribution in [3.8, 4) is 0 Å². The number of nitrogens with zero attached hydrogens (tertiary/aromatic N) is 6. The van der Waals surface area contributed by atoms with Crippen LogP contribution in [-0.2, 0) is 47.0 Å². The SMILES string of the molecule is C=CC1=C(C(=O)OC[n+]2cccc(C(=O)N(C)C)c2)C2C(=O)[C@@H](CC(=O)/C(=N/OCC(=O)OC[n+]3cccc(C(=O)N(C)C)c3)c3csc(N)n3)[C@H]2SC1. The second kappa shape index (κ2) is 17.4. The summed E-state index contributed by atoms with van der Waals surface area (Å²) >= 11 is 2.51. The predicted octanol–water partition coefficient (Wildman–Crippen LogP) is 1.20. The van der Waals surface area contributed by atoms with Gasteiger partial charge in [0.15, 0.2) is 41.4 Å². The topological polar surface area (TPSA) is 196 Å². The van der Waals surface area contributed by atoms with E-state index in [4.69, 9.17) is 20.0 Å². The standard InChI is InChI=1S/C36H39N7O9S2/c1-6-21-17-53-32-24(31(46)29(32)28(21)35(49)51-20-43-12-8-10-23(15-43)34(48)41(4)5)13-26(44)30(25-18-54-36(37)38-25)39-52-16-27(45)50-19-42-11-7-9-22(14-42)33(47)40(2)3/h6-12,14-15,18,24,29,32H,1,13,16-17,19-20H2,2-5H3,(H2,37,38)/q+2/b39-30+/t24-,29?,32-/m1/s1. The van der Waals surface area contributed by atoms with Gasteiger partial charge in [-0.2, -0.15) is 20.9 Å². The Labute approximate surface area is 318 Å². The zero-order chi connectivity index (χ0) is 39.1. The Kier molecular flexibility index (Phi) is 12.7. The number of rotatable bonds is 15. The molecule has 282 valence electrons. The number of oxime groups is 1. The minimum atomic E-state index is -0.811. The number of carbonyl (C=O) groups is 6. The third-order valence-electron chi connectivity index (χ3n) is 8.47. The number of nitrogen functional groups attached to an aromatic ring is 1. The highest BCUT2D eigenvalue weighted by molar-refractivity contribution is 8.00. The van der Waals surface area contributed by atoms with Crippen molar-refractivity contribution >= 4 is 69.3 Å². The van der Waals surface area contributed by atoms with E-state index in [0.717, 1.165) is 11.3 Å². The van der Waals surface area contributed by atoms with Gasteiger partial charge in [0.05, 0.1) is 11.5 Å². The summed E-state index contributed by atoms with van der Waals surface area (Å²) in [4.78, 5) is 90.0. The smallest absolute Gasteiger partial charge is 0.351 e. The van der Waals surface area contributed by atoms with Crippen molar-refractivity contribution in [2.45, 2.75) is 25.1 Å². The van der Waals surface area contributed by atoms with Crippen molar-refractivity contribution in [1.82, 2.24) is 14.8 Å². The summed E-state index contributed by atoms with van der Waals surface area (Å²) in [7, 11) is 6.51. The molecule has 1 fully saturated rings. The lowest BCUT2D eigenvalue weighted by atomic mass is 9.66. The number of nitrogens with two attached hydrogens (primary N) is 1. The van der Waals surface area contributed by atoms with Crippen molar-refractivity contribution in [3.63, 3.8) is 0 Å². The Balaban J connectivity index is 1.22. The molecular formula is C36H39N7O9S2+2. The highest BCUT2D eigenvalue weighted by atomic mass is 32.2. The molecule has 2 amide bonds. The van der Waals surface area contributed by atoms with Crippen LogP contribution in [0.15, 0.2) is 83.4 Å². The molecule has 2 aliphatic rings. The van der Waals surface area contributed by atoms with E-state index in [1.54, 1.807) is 75.6 Å². The lowest BCUT2D eigenvalue weighted by Crippen LogP contribution is -2.55. The van der Waals surface area contributed by atoms with Crippen LogP contribution in [0, 0.1) is 11.8 Å². The first-order chi connectivity index (χ1) is 25.8. The van der Waals surface area contributed by atoms with Gasteiger partial charge in [-0.25, -0.2) is 14.6 Å². The first-order valence-electron chi connectivity index (χ1n) is 16.5. The van der Waals surface area contributed by atoms with Gasteiger partial charge in [-0.15, -0.1) is 11.3 Å². The van der Waals surface area contributed by atoms with Crippen LogP contribution in [0.2, 0.25) is 0 Å². The number of carbonyl (C=O) groups excluding carboxylic acids is 6. The third kappa shape index (κ3) is 9.06. The normalized spacial score (nSPS) is 17.8. The quantitative estimate of drug-likeness (QED) is 0.100. The Bertz CT molecular complexity index is 2060. The molecule has 1 aliphatic carbocycles. The van der Waals surface area contributed by atoms with Crippen molar-refractivity contribution in [2.75, 3.05) is 46.3 Å². The lowest BCUT2D eigenvalue weighted by molar-refractivity contribution is -0.727. The maximum Gasteiger partial charge on any atom is 0.351 e. The molecule has 3 aromatic rings. The number of Topliss-reactive ketones (excluding diaryl/α,β-unsaturated/α-hetero) is 2. The number of anilines is 1. The second-order valence-corrected chi connectivity index (χ2v) is 14.7. The average Bonchev–Trinajstić information content (AvgIpc) is 3.60. The summed E-state index contributed by atoms with van der Waals surface area (Å²) in [5.74, 6) is -3.99. The number of ether oxygens (including phenoxy) is 2. The van der Waals surface area contributed by atoms with Crippen LogP contribution in [0.5, 0.6) is 0 Å². The number of thioether (sulfide) groups is 1. The number of thiazole rings is 1. The molecule has 1 saturated carbocycles. The van der Waals surface area contributed by atoms with Gasteiger partial charge in [-0.1, -0.05) is 17.8 Å². The number of fused-ring (bicyclic) bond motifs is 1. The minimum Gasteiger partial charge on any atom is -0.402 e. The largest absolute Gasteiger partial charge is 0.402 e. The summed E-state index contributed by atoms with van der Waals surface area (Å²) in [5.41, 5.74) is 7.27. The van der Waals surface area contributed by atoms with E-state index in [1.807, 2.05) is 0 Å². The van der Waals surface area contributed by atoms with E-state index in [9.17, 15) is 28.8 Å². The van der Waals surface area contributed by atoms with Gasteiger partial charge in [0.25, 0.3) is 25.3 Å². The molecule has 0 bridgehead atoms. The van der Waals surface area contributed by atoms with Crippen LogP contribution in [0.4, 0.5) is 5.13 Å². The minimum absolute atomic E-state index is 0.111. The number of pyridine rings is 2. The van der Waals surface area contributed by atoms with Gasteiger partial charge in [-0.3, -0.25) is 19.2 Å². The third-order valence-corrected chi connectivity index (χ3v) is 10.6. The lowest BCUT2D eigenvalue weighted by Gasteiger charge is -2.46. The monoisotopic (exact) mass is 777 g/mol. The van der Waals surface area contributed by atoms with Crippen LogP contribution in [0.1, 0.15) is 32.8 Å². The van der Waals surface area contributed by atoms with Crippen LogP contribution < -0.4 is 14.9 Å². The van der Waals surface area contributed by atoms with Gasteiger partial charge >= 0.3 is 11.9 Å². The van der Waals surface area contributed by atoms with Crippen molar-refractivity contribution in [3.05, 3.63) is 95.1 Å². The number of hydrogen-bond donors (Lipinski definition) is 1. The van der Waals surface area contributed by atoms with E-state index in [2.05, 4.69) is 16.7 Å². The van der Waals surface area contributed by atoms with Gasteiger partial charge in [0.2, 0.25) is 6.61 Å². The van der Waals surface area contributed by atoms with Gasteiger partial charge in [0, 0.05) is 69.0 Å². The maximum atomic E-state index is 13.7. The van der Waals surface area contributed by atoms with Crippen LogP contribution >= 0.6 is 23.1 Å². The highest BCUT2D eigenvalue weighted by Crippen LogP contribution is 2.50. The van der Waals surface area contributed by atoms with E-state index < -0.39 is 41.4 Å². The molecule has 0 aromatic carbocycles. The van der Waals surface area contributed by atoms with Gasteiger partial charge in [-0.05, 0) is 17.7 Å². The molecule has 0 saturated heterocycles. The Morgan fingerprint density at radius 2 is 1.61 bits per heavy atom. The second-order valence-electron chi connectivity index (χ2n) is 12.6. The van der Waals surface area contributed by atoms with Crippen LogP contribution in [0.3, 0.4) is 0 Å². The molecule has 5 rings (SSSR count). The number of allylic oxidation sites excluding steroid dienone is 1. The zero-order valence-electron chi connectivity index (χ0n) is 30.0. The molecule has 2 N–H and O–H groups in total. The number of hydrogen-bond acceptors (Lipinski definition) is 14. The zero-order valence-corrected chi connectivity index (χ0v) is 31.6. The van der Waals surface area contributed by atoms with Crippen molar-refractivity contribution in [2.24, 2.45) is 17.0 Å². The van der Waals surface area contributed by atoms with Crippen LogP contribution in [0.25, 0.3) is 0 Å². The van der Waals surface area contributed by atoms with E-state index >= 15 is 0 Å². The number of aromatic nitrogens is 3. The number of esters is 2. The molecule has 0 radical (unpaired) electrons. The predicted molar refractivity (Wildman–Crippen MR) is 196 cm³/mol. The van der Waals surface area contributed by atoms with Gasteiger partial charge in [0.1, 0.15) is 22.6 Å². The molecule has 54 heavy (non-hydrogen) atoms. The van der Waals surface area contributed by atoms with Gasteiger partial charge < -0.3 is 29.8 Å². The van der Waals surface area contributed by atoms with E-state index in [1.165, 1.54) is 43.8 Å². The molecule has 0 spiro atoms. The molecular weight excluding hydrogens is 739 g/mol. The molecule has 4 heterocycles. The Hall–Kier alpha value is -5.75. The number of ketones is 2. The summed E-state index contributed by atoms with van der Waals surface area (Å²) < 4.78 is 13.9. The fourth-order valence-electron chi connectivity index (χ4n) is 5.75. The Morgan fingerprint density at radius 3 is 2.17 bits per heavy atom. The first kappa shape index (κ1) is 39.5. The number of amides is 2. The molecule has 3 atom stereocenters. The molecule has 18 heteroatoms. The van der Waals surface area contributed by atoms with Crippen molar-refractivity contribution < 1.29 is 52.2 Å². The van der Waals surface area contributed by atoms with E-state index in [0.29, 0.717) is 22.5 Å². The average molecular weight is 778 g/mol. The summed E-state index contributed by atoms with van der Waals surface area (Å²) in [5, 5.41) is 5.17. The highest BCUT2D eigenvalue weighted by Gasteiger charge is 2.56. The van der Waals surface area contributed by atoms with Crippen LogP contribution in [-0.4, -0.2) is 102 Å². The van der Waals surface area contributed by atoms with E-state index in [-0.39, 0.29) is 59.6 Å². The molecule has 1 unspecified atom stereocenters. The fourth-order valence-corrected chi connectivity index (χ4v) is 7.87. The summed E-state index contributed by atoms with van der Waals surface area (Å²) in [6, 6.07) is 6.59. The fraction of sp³-hybridized carbons (Fsp3) is 0.333. The molecule has 16 nitrogen and oxygen atoms in total. The molecule has 3 aromatic heterocycles.